The first-order chi connectivity index (χ1) is 18.6. The molecule has 0 saturated heterocycles. The summed E-state index contributed by atoms with van der Waals surface area (Å²) in [5, 5.41) is 6.30. The number of fused-ring (bicyclic) bond motifs is 4. The Morgan fingerprint density at radius 1 is 0.474 bits per heavy atom. The molecule has 38 heavy (non-hydrogen) atoms. The molecule has 182 valence electrons. The minimum Gasteiger partial charge on any atom is -0.355 e. The smallest absolute Gasteiger partial charge is 0.0431 e. The predicted molar refractivity (Wildman–Crippen MR) is 162 cm³/mol. The van der Waals surface area contributed by atoms with Crippen LogP contribution in [-0.4, -0.2) is 0 Å². The third kappa shape index (κ3) is 3.55. The second-order valence-electron chi connectivity index (χ2n) is 10.7. The zero-order chi connectivity index (χ0) is 25.7. The largest absolute Gasteiger partial charge is 0.355 e. The van der Waals surface area contributed by atoms with Crippen LogP contribution in [0.1, 0.15) is 25.0 Å². The molecule has 1 nitrogen and oxygen atoms in total. The van der Waals surface area contributed by atoms with Crippen LogP contribution in [0.3, 0.4) is 0 Å². The molecule has 0 fully saturated rings. The van der Waals surface area contributed by atoms with Crippen LogP contribution in [0, 0.1) is 0 Å². The Labute approximate surface area is 224 Å². The van der Waals surface area contributed by atoms with Crippen molar-refractivity contribution in [1.82, 2.24) is 0 Å². The van der Waals surface area contributed by atoms with Crippen molar-refractivity contribution in [1.29, 1.82) is 0 Å². The second kappa shape index (κ2) is 8.75. The SMILES string of the molecule is CC1(C)c2ccccc2-c2cccc(Nc3ccc(-c4cccc5cccc(-c6ccccc6)c45)cc3)c21. The molecule has 1 heteroatoms. The Kier molecular flexibility index (Phi) is 5.19. The van der Waals surface area contributed by atoms with E-state index >= 15 is 0 Å². The van der Waals surface area contributed by atoms with Crippen molar-refractivity contribution in [2.24, 2.45) is 0 Å². The van der Waals surface area contributed by atoms with Crippen molar-refractivity contribution in [3.63, 3.8) is 0 Å². The van der Waals surface area contributed by atoms with Gasteiger partial charge in [0.05, 0.1) is 0 Å². The van der Waals surface area contributed by atoms with Gasteiger partial charge in [-0.25, -0.2) is 0 Å². The van der Waals surface area contributed by atoms with Crippen molar-refractivity contribution < 1.29 is 0 Å². The molecule has 0 amide bonds. The topological polar surface area (TPSA) is 12.0 Å². The van der Waals surface area contributed by atoms with E-state index in [1.807, 2.05) is 0 Å². The third-order valence-corrected chi connectivity index (χ3v) is 8.04. The maximum atomic E-state index is 3.75. The van der Waals surface area contributed by atoms with Gasteiger partial charge in [0.15, 0.2) is 0 Å². The highest BCUT2D eigenvalue weighted by Crippen LogP contribution is 2.51. The van der Waals surface area contributed by atoms with Gasteiger partial charge in [0.2, 0.25) is 0 Å². The zero-order valence-corrected chi connectivity index (χ0v) is 21.7. The molecule has 6 aromatic carbocycles. The Hall–Kier alpha value is -4.62. The molecule has 7 rings (SSSR count). The number of hydrogen-bond donors (Lipinski definition) is 1. The Balaban J connectivity index is 1.27. The highest BCUT2D eigenvalue weighted by atomic mass is 14.9. The van der Waals surface area contributed by atoms with E-state index in [4.69, 9.17) is 0 Å². The number of nitrogens with one attached hydrogen (secondary N) is 1. The van der Waals surface area contributed by atoms with Gasteiger partial charge in [-0.15, -0.1) is 0 Å². The van der Waals surface area contributed by atoms with Crippen LogP contribution in [0.25, 0.3) is 44.2 Å². The molecule has 0 unspecified atom stereocenters. The lowest BCUT2D eigenvalue weighted by molar-refractivity contribution is 0.662. The lowest BCUT2D eigenvalue weighted by Crippen LogP contribution is -2.16. The quantitative estimate of drug-likeness (QED) is 0.261. The van der Waals surface area contributed by atoms with Gasteiger partial charge in [-0.2, -0.15) is 0 Å². The molecule has 1 aliphatic carbocycles. The van der Waals surface area contributed by atoms with Crippen molar-refractivity contribution in [2.75, 3.05) is 5.32 Å². The van der Waals surface area contributed by atoms with Gasteiger partial charge in [-0.1, -0.05) is 129 Å². The maximum absolute atomic E-state index is 3.75. The van der Waals surface area contributed by atoms with E-state index in [9.17, 15) is 0 Å². The van der Waals surface area contributed by atoms with Crippen LogP contribution >= 0.6 is 0 Å². The predicted octanol–water partition coefficient (Wildman–Crippen LogP) is 10.2. The van der Waals surface area contributed by atoms with Crippen LogP contribution in [-0.2, 0) is 5.41 Å². The molecule has 0 heterocycles. The lowest BCUT2D eigenvalue weighted by atomic mass is 9.81. The fraction of sp³-hybridized carbons (Fsp3) is 0.0811. The van der Waals surface area contributed by atoms with Crippen molar-refractivity contribution >= 4 is 22.1 Å². The molecule has 0 atom stereocenters. The molecule has 0 aromatic heterocycles. The monoisotopic (exact) mass is 487 g/mol. The second-order valence-corrected chi connectivity index (χ2v) is 10.7. The van der Waals surface area contributed by atoms with Gasteiger partial charge in [0.25, 0.3) is 0 Å². The van der Waals surface area contributed by atoms with Crippen molar-refractivity contribution in [3.05, 3.63) is 145 Å². The minimum absolute atomic E-state index is 0.0494. The van der Waals surface area contributed by atoms with Crippen molar-refractivity contribution in [2.45, 2.75) is 19.3 Å². The van der Waals surface area contributed by atoms with Gasteiger partial charge in [-0.05, 0) is 73.5 Å². The summed E-state index contributed by atoms with van der Waals surface area (Å²) in [4.78, 5) is 0. The first-order valence-electron chi connectivity index (χ1n) is 13.3. The molecule has 0 aliphatic heterocycles. The fourth-order valence-corrected chi connectivity index (χ4v) is 6.28. The average Bonchev–Trinajstić information content (AvgIpc) is 3.21. The first kappa shape index (κ1) is 22.6. The summed E-state index contributed by atoms with van der Waals surface area (Å²) in [5.74, 6) is 0. The van der Waals surface area contributed by atoms with E-state index in [1.165, 1.54) is 61.0 Å². The number of hydrogen-bond acceptors (Lipinski definition) is 1. The van der Waals surface area contributed by atoms with Crippen LogP contribution in [0.15, 0.2) is 133 Å². The van der Waals surface area contributed by atoms with Crippen LogP contribution < -0.4 is 5.32 Å². The molecule has 1 N–H and O–H groups in total. The van der Waals surface area contributed by atoms with Gasteiger partial charge < -0.3 is 5.32 Å². The lowest BCUT2D eigenvalue weighted by Gasteiger charge is -2.24. The molecule has 0 bridgehead atoms. The van der Waals surface area contributed by atoms with E-state index in [0.29, 0.717) is 0 Å². The van der Waals surface area contributed by atoms with Gasteiger partial charge in [0, 0.05) is 16.8 Å². The van der Waals surface area contributed by atoms with Gasteiger partial charge in [-0.3, -0.25) is 0 Å². The summed E-state index contributed by atoms with van der Waals surface area (Å²) in [7, 11) is 0. The summed E-state index contributed by atoms with van der Waals surface area (Å²) in [6.45, 7) is 4.66. The number of benzene rings is 6. The first-order valence-corrected chi connectivity index (χ1v) is 13.3. The minimum atomic E-state index is -0.0494. The molecule has 6 aromatic rings. The normalized spacial score (nSPS) is 13.2. The Bertz CT molecular complexity index is 1790. The highest BCUT2D eigenvalue weighted by molar-refractivity contribution is 6.06. The van der Waals surface area contributed by atoms with Gasteiger partial charge >= 0.3 is 0 Å². The molecule has 0 radical (unpaired) electrons. The van der Waals surface area contributed by atoms with E-state index in [0.717, 1.165) is 5.69 Å². The molecule has 0 spiro atoms. The van der Waals surface area contributed by atoms with E-state index in [1.54, 1.807) is 0 Å². The molecule has 1 aliphatic rings. The summed E-state index contributed by atoms with van der Waals surface area (Å²) >= 11 is 0. The third-order valence-electron chi connectivity index (χ3n) is 8.04. The molecular weight excluding hydrogens is 458 g/mol. The Morgan fingerprint density at radius 2 is 1.05 bits per heavy atom. The summed E-state index contributed by atoms with van der Waals surface area (Å²) < 4.78 is 0. The van der Waals surface area contributed by atoms with E-state index in [2.05, 4.69) is 153 Å². The average molecular weight is 488 g/mol. The van der Waals surface area contributed by atoms with Crippen LogP contribution in [0.2, 0.25) is 0 Å². The molecule has 0 saturated carbocycles. The Morgan fingerprint density at radius 3 is 1.79 bits per heavy atom. The maximum Gasteiger partial charge on any atom is 0.0431 e. The van der Waals surface area contributed by atoms with E-state index in [-0.39, 0.29) is 5.41 Å². The highest BCUT2D eigenvalue weighted by Gasteiger charge is 2.37. The fourth-order valence-electron chi connectivity index (χ4n) is 6.28. The van der Waals surface area contributed by atoms with Crippen molar-refractivity contribution in [3.8, 4) is 33.4 Å². The standard InChI is InChI=1S/C37H29N/c1-37(2)33-19-7-6-15-31(33)32-18-10-20-34(36(32)37)38-28-23-21-26(22-24-28)30-17-9-14-27-13-8-16-29(35(27)30)25-11-4-3-5-12-25/h3-24,38H,1-2H3. The van der Waals surface area contributed by atoms with Crippen LogP contribution in [0.5, 0.6) is 0 Å². The van der Waals surface area contributed by atoms with Crippen LogP contribution in [0.4, 0.5) is 11.4 Å². The summed E-state index contributed by atoms with van der Waals surface area (Å²) in [6, 6.07) is 48.2. The number of anilines is 2. The molecular formula is C37H29N. The van der Waals surface area contributed by atoms with E-state index < -0.39 is 0 Å². The zero-order valence-electron chi connectivity index (χ0n) is 21.7. The summed E-state index contributed by atoms with van der Waals surface area (Å²) in [5.41, 5.74) is 12.6. The number of rotatable bonds is 4. The summed E-state index contributed by atoms with van der Waals surface area (Å²) in [6.07, 6.45) is 0. The van der Waals surface area contributed by atoms with Gasteiger partial charge in [0.1, 0.15) is 0 Å².